The van der Waals surface area contributed by atoms with Crippen LogP contribution in [0.3, 0.4) is 0 Å². The highest BCUT2D eigenvalue weighted by atomic mass is 19.4. The average Bonchev–Trinajstić information content (AvgIpc) is 2.55. The summed E-state index contributed by atoms with van der Waals surface area (Å²) < 4.78 is 43.5. The Kier molecular flexibility index (Phi) is 3.88. The smallest absolute Gasteiger partial charge is 0.437 e. The fourth-order valence-corrected chi connectivity index (χ4v) is 1.43. The maximum atomic E-state index is 12.6. The van der Waals surface area contributed by atoms with Crippen LogP contribution in [0.25, 0.3) is 0 Å². The monoisotopic (exact) mass is 265 g/mol. The highest BCUT2D eigenvalue weighted by Crippen LogP contribution is 2.35. The molecule has 0 amide bonds. The van der Waals surface area contributed by atoms with Gasteiger partial charge < -0.3 is 10.5 Å². The largest absolute Gasteiger partial charge is 0.461 e. The van der Waals surface area contributed by atoms with Crippen LogP contribution in [0, 0.1) is 0 Å². The lowest BCUT2D eigenvalue weighted by molar-refractivity contribution is -0.140. The number of alkyl halides is 3. The Morgan fingerprint density at radius 3 is 2.44 bits per heavy atom. The Morgan fingerprint density at radius 2 is 2.06 bits per heavy atom. The average molecular weight is 265 g/mol. The van der Waals surface area contributed by atoms with Crippen molar-refractivity contribution in [2.24, 2.45) is 0 Å². The van der Waals surface area contributed by atoms with E-state index in [1.54, 1.807) is 20.8 Å². The van der Waals surface area contributed by atoms with Crippen molar-refractivity contribution in [3.63, 3.8) is 0 Å². The Labute approximate surface area is 102 Å². The number of carbonyl (C=O) groups is 1. The molecule has 102 valence electrons. The van der Waals surface area contributed by atoms with Crippen LogP contribution in [-0.4, -0.2) is 22.4 Å². The molecule has 0 atom stereocenters. The lowest BCUT2D eigenvalue weighted by Gasteiger charge is -2.10. The molecule has 8 heteroatoms. The minimum absolute atomic E-state index is 0.0445. The number of esters is 1. The van der Waals surface area contributed by atoms with Crippen molar-refractivity contribution in [2.75, 3.05) is 12.3 Å². The minimum atomic E-state index is -4.70. The maximum absolute atomic E-state index is 12.6. The fraction of sp³-hybridized carbons (Fsp3) is 0.600. The van der Waals surface area contributed by atoms with Crippen molar-refractivity contribution in [1.82, 2.24) is 9.78 Å². The van der Waals surface area contributed by atoms with Crippen LogP contribution in [-0.2, 0) is 10.9 Å². The molecule has 0 aliphatic rings. The number of nitrogen functional groups attached to an aromatic ring is 1. The standard InChI is InChI=1S/C10H14F3N3O2/c1-4-18-9(17)7-6(14)8(10(11,12)13)15-16(7)5(2)3/h5H,4,14H2,1-3H3. The van der Waals surface area contributed by atoms with Gasteiger partial charge >= 0.3 is 12.1 Å². The van der Waals surface area contributed by atoms with Gasteiger partial charge in [0.2, 0.25) is 0 Å². The van der Waals surface area contributed by atoms with Crippen molar-refractivity contribution in [3.8, 4) is 0 Å². The number of carbonyl (C=O) groups excluding carboxylic acids is 1. The zero-order chi connectivity index (χ0) is 14.1. The molecule has 0 fully saturated rings. The molecular formula is C10H14F3N3O2. The van der Waals surface area contributed by atoms with E-state index >= 15 is 0 Å². The quantitative estimate of drug-likeness (QED) is 0.851. The highest BCUT2D eigenvalue weighted by Gasteiger charge is 2.40. The maximum Gasteiger partial charge on any atom is 0.437 e. The molecule has 0 bridgehead atoms. The van der Waals surface area contributed by atoms with Gasteiger partial charge in [-0.2, -0.15) is 18.3 Å². The molecule has 0 radical (unpaired) electrons. The van der Waals surface area contributed by atoms with E-state index < -0.39 is 29.6 Å². The van der Waals surface area contributed by atoms with Crippen LogP contribution in [0.5, 0.6) is 0 Å². The summed E-state index contributed by atoms with van der Waals surface area (Å²) in [7, 11) is 0. The summed E-state index contributed by atoms with van der Waals surface area (Å²) in [6.07, 6.45) is -4.70. The summed E-state index contributed by atoms with van der Waals surface area (Å²) >= 11 is 0. The number of nitrogens with zero attached hydrogens (tertiary/aromatic N) is 2. The van der Waals surface area contributed by atoms with E-state index in [-0.39, 0.29) is 12.3 Å². The highest BCUT2D eigenvalue weighted by molar-refractivity contribution is 5.94. The second-order valence-electron chi connectivity index (χ2n) is 3.87. The molecule has 0 aromatic carbocycles. The van der Waals surface area contributed by atoms with Crippen molar-refractivity contribution < 1.29 is 22.7 Å². The molecule has 0 saturated carbocycles. The van der Waals surface area contributed by atoms with E-state index in [0.29, 0.717) is 0 Å². The fourth-order valence-electron chi connectivity index (χ4n) is 1.43. The van der Waals surface area contributed by atoms with Crippen LogP contribution >= 0.6 is 0 Å². The van der Waals surface area contributed by atoms with Crippen LogP contribution in [0.4, 0.5) is 18.9 Å². The number of aromatic nitrogens is 2. The summed E-state index contributed by atoms with van der Waals surface area (Å²) in [5.41, 5.74) is 3.03. The number of nitrogens with two attached hydrogens (primary N) is 1. The van der Waals surface area contributed by atoms with Gasteiger partial charge in [0.25, 0.3) is 0 Å². The summed E-state index contributed by atoms with van der Waals surface area (Å²) in [5, 5.41) is 3.35. The molecule has 0 spiro atoms. The molecule has 1 aromatic heterocycles. The second-order valence-corrected chi connectivity index (χ2v) is 3.87. The predicted molar refractivity (Wildman–Crippen MR) is 58.0 cm³/mol. The Bertz CT molecular complexity index is 452. The third kappa shape index (κ3) is 2.57. The summed E-state index contributed by atoms with van der Waals surface area (Å²) in [5.74, 6) is -0.910. The number of halogens is 3. The van der Waals surface area contributed by atoms with E-state index in [1.807, 2.05) is 0 Å². The number of anilines is 1. The van der Waals surface area contributed by atoms with E-state index in [0.717, 1.165) is 4.68 Å². The van der Waals surface area contributed by atoms with E-state index in [4.69, 9.17) is 5.73 Å². The molecule has 0 saturated heterocycles. The molecule has 2 N–H and O–H groups in total. The van der Waals surface area contributed by atoms with E-state index in [9.17, 15) is 18.0 Å². The molecule has 18 heavy (non-hydrogen) atoms. The van der Waals surface area contributed by atoms with E-state index in [1.165, 1.54) is 0 Å². The molecule has 1 heterocycles. The van der Waals surface area contributed by atoms with Crippen LogP contribution in [0.15, 0.2) is 0 Å². The van der Waals surface area contributed by atoms with Crippen LogP contribution < -0.4 is 5.73 Å². The van der Waals surface area contributed by atoms with Crippen LogP contribution in [0.2, 0.25) is 0 Å². The van der Waals surface area contributed by atoms with Crippen molar-refractivity contribution in [2.45, 2.75) is 33.0 Å². The normalized spacial score (nSPS) is 11.9. The number of hydrogen-bond acceptors (Lipinski definition) is 4. The number of hydrogen-bond donors (Lipinski definition) is 1. The minimum Gasteiger partial charge on any atom is -0.461 e. The Morgan fingerprint density at radius 1 is 1.50 bits per heavy atom. The van der Waals surface area contributed by atoms with Gasteiger partial charge in [0.15, 0.2) is 11.4 Å². The lowest BCUT2D eigenvalue weighted by atomic mass is 10.2. The predicted octanol–water partition coefficient (Wildman–Crippen LogP) is 2.24. The van der Waals surface area contributed by atoms with E-state index in [2.05, 4.69) is 9.84 Å². The van der Waals surface area contributed by atoms with Crippen LogP contribution in [0.1, 0.15) is 43.0 Å². The first-order valence-electron chi connectivity index (χ1n) is 5.32. The Balaban J connectivity index is 3.39. The number of ether oxygens (including phenoxy) is 1. The SMILES string of the molecule is CCOC(=O)c1c(N)c(C(F)(F)F)nn1C(C)C. The van der Waals surface area contributed by atoms with Gasteiger partial charge in [-0.05, 0) is 20.8 Å². The van der Waals surface area contributed by atoms with Gasteiger partial charge in [-0.3, -0.25) is 4.68 Å². The summed E-state index contributed by atoms with van der Waals surface area (Å²) in [6, 6.07) is -0.442. The molecule has 0 aliphatic carbocycles. The van der Waals surface area contributed by atoms with Gasteiger partial charge in [-0.15, -0.1) is 0 Å². The molecule has 1 aromatic rings. The molecule has 0 aliphatic heterocycles. The van der Waals surface area contributed by atoms with Gasteiger partial charge in [0.05, 0.1) is 12.3 Å². The third-order valence-electron chi connectivity index (χ3n) is 2.17. The zero-order valence-corrected chi connectivity index (χ0v) is 10.2. The van der Waals surface area contributed by atoms with Gasteiger partial charge in [-0.25, -0.2) is 4.79 Å². The second kappa shape index (κ2) is 4.87. The Hall–Kier alpha value is -1.73. The molecular weight excluding hydrogens is 251 g/mol. The summed E-state index contributed by atoms with van der Waals surface area (Å²) in [6.45, 7) is 4.78. The van der Waals surface area contributed by atoms with Crippen molar-refractivity contribution in [3.05, 3.63) is 11.4 Å². The zero-order valence-electron chi connectivity index (χ0n) is 10.2. The first-order valence-corrected chi connectivity index (χ1v) is 5.32. The first kappa shape index (κ1) is 14.3. The molecule has 1 rings (SSSR count). The van der Waals surface area contributed by atoms with Gasteiger partial charge in [0.1, 0.15) is 0 Å². The molecule has 5 nitrogen and oxygen atoms in total. The van der Waals surface area contributed by atoms with Gasteiger partial charge in [0, 0.05) is 6.04 Å². The third-order valence-corrected chi connectivity index (χ3v) is 2.17. The summed E-state index contributed by atoms with van der Waals surface area (Å²) in [4.78, 5) is 11.6. The lowest BCUT2D eigenvalue weighted by Crippen LogP contribution is -2.16. The van der Waals surface area contributed by atoms with Crippen molar-refractivity contribution >= 4 is 11.7 Å². The first-order chi connectivity index (χ1) is 8.20. The number of rotatable bonds is 3. The van der Waals surface area contributed by atoms with Crippen molar-refractivity contribution in [1.29, 1.82) is 0 Å². The molecule has 0 unspecified atom stereocenters. The van der Waals surface area contributed by atoms with Gasteiger partial charge in [-0.1, -0.05) is 0 Å². The topological polar surface area (TPSA) is 70.1 Å².